The molecule has 2 heterocycles. The molecule has 16 heteroatoms. The number of carboxylic acid groups (broad SMARTS) is 2. The molecule has 0 atom stereocenters. The standard InChI is InChI=1S/2C24H16F3NO4/c2*25-24(26,27)32-17-11-9-16(10-12-17)18-7-4-8-19-20(22(29)23(30)31)14-28(21(18)19)13-15-5-2-1-3-6-15/h2*1-12,14H,13H2,(H,30,31). The zero-order chi connectivity index (χ0) is 45.8. The van der Waals surface area contributed by atoms with E-state index in [1.807, 2.05) is 60.7 Å². The van der Waals surface area contributed by atoms with E-state index >= 15 is 0 Å². The number of nitrogens with zero attached hydrogens (tertiary/aromatic N) is 2. The van der Waals surface area contributed by atoms with E-state index in [-0.39, 0.29) is 22.6 Å². The van der Waals surface area contributed by atoms with Crippen molar-refractivity contribution in [2.75, 3.05) is 0 Å². The predicted molar refractivity (Wildman–Crippen MR) is 223 cm³/mol. The Kier molecular flexibility index (Phi) is 12.4. The summed E-state index contributed by atoms with van der Waals surface area (Å²) in [6.07, 6.45) is -6.59. The molecule has 0 spiro atoms. The van der Waals surface area contributed by atoms with E-state index in [1.54, 1.807) is 45.5 Å². The smallest absolute Gasteiger partial charge is 0.475 e. The number of alkyl halides is 6. The van der Waals surface area contributed by atoms with Gasteiger partial charge >= 0.3 is 24.7 Å². The van der Waals surface area contributed by atoms with Crippen LogP contribution in [0.1, 0.15) is 31.8 Å². The first-order valence-electron chi connectivity index (χ1n) is 19.0. The molecule has 324 valence electrons. The Morgan fingerprint density at radius 3 is 1.11 bits per heavy atom. The van der Waals surface area contributed by atoms with Crippen molar-refractivity contribution < 1.29 is 65.2 Å². The highest BCUT2D eigenvalue weighted by Crippen LogP contribution is 2.36. The van der Waals surface area contributed by atoms with Gasteiger partial charge in [0.05, 0.1) is 22.2 Å². The van der Waals surface area contributed by atoms with Crippen LogP contribution >= 0.6 is 0 Å². The van der Waals surface area contributed by atoms with Crippen molar-refractivity contribution in [3.05, 3.63) is 180 Å². The number of halogens is 6. The highest BCUT2D eigenvalue weighted by Gasteiger charge is 2.32. The molecule has 0 amide bonds. The van der Waals surface area contributed by atoms with Crippen molar-refractivity contribution in [2.45, 2.75) is 25.8 Å². The molecule has 0 aliphatic rings. The van der Waals surface area contributed by atoms with Crippen LogP contribution < -0.4 is 9.47 Å². The summed E-state index contributed by atoms with van der Waals surface area (Å²) in [5.41, 5.74) is 5.62. The Hall–Kier alpha value is -8.14. The normalized spacial score (nSPS) is 11.5. The average molecular weight is 879 g/mol. The first-order chi connectivity index (χ1) is 30.5. The lowest BCUT2D eigenvalue weighted by Crippen LogP contribution is -2.16. The van der Waals surface area contributed by atoms with Crippen LogP contribution in [0, 0.1) is 0 Å². The third-order valence-electron chi connectivity index (χ3n) is 9.86. The summed E-state index contributed by atoms with van der Waals surface area (Å²) in [7, 11) is 0. The molecule has 0 bridgehead atoms. The van der Waals surface area contributed by atoms with Gasteiger partial charge in [-0.1, -0.05) is 121 Å². The Labute approximate surface area is 358 Å². The van der Waals surface area contributed by atoms with Gasteiger partial charge in [0.25, 0.3) is 11.6 Å². The topological polar surface area (TPSA) is 137 Å². The van der Waals surface area contributed by atoms with Crippen molar-refractivity contribution in [2.24, 2.45) is 0 Å². The lowest BCUT2D eigenvalue weighted by atomic mass is 10.0. The summed E-state index contributed by atoms with van der Waals surface area (Å²) in [5, 5.41) is 19.4. The van der Waals surface area contributed by atoms with Crippen molar-refractivity contribution in [3.63, 3.8) is 0 Å². The van der Waals surface area contributed by atoms with E-state index in [9.17, 15) is 55.7 Å². The molecule has 0 fully saturated rings. The number of hydrogen-bond acceptors (Lipinski definition) is 6. The Morgan fingerprint density at radius 1 is 0.453 bits per heavy atom. The number of Topliss-reactive ketones (excluding diaryl/α,β-unsaturated/α-hetero) is 2. The first kappa shape index (κ1) is 43.9. The zero-order valence-corrected chi connectivity index (χ0v) is 32.9. The number of aliphatic carboxylic acids is 2. The van der Waals surface area contributed by atoms with Gasteiger partial charge in [-0.15, -0.1) is 26.3 Å². The molecule has 0 aliphatic carbocycles. The maximum Gasteiger partial charge on any atom is 0.573 e. The number of hydrogen-bond donors (Lipinski definition) is 2. The predicted octanol–water partition coefficient (Wildman–Crippen LogP) is 11.0. The van der Waals surface area contributed by atoms with Gasteiger partial charge in [-0.05, 0) is 46.5 Å². The molecule has 2 N–H and O–H groups in total. The van der Waals surface area contributed by atoms with Gasteiger partial charge < -0.3 is 28.8 Å². The van der Waals surface area contributed by atoms with Crippen LogP contribution in [0.5, 0.6) is 11.5 Å². The number of rotatable bonds is 12. The molecule has 0 unspecified atom stereocenters. The second kappa shape index (κ2) is 18.1. The minimum Gasteiger partial charge on any atom is -0.475 e. The summed E-state index contributed by atoms with van der Waals surface area (Å²) >= 11 is 0. The van der Waals surface area contributed by atoms with Gasteiger partial charge in [-0.2, -0.15) is 0 Å². The van der Waals surface area contributed by atoms with E-state index in [0.29, 0.717) is 57.1 Å². The second-order valence-electron chi connectivity index (χ2n) is 14.1. The Bertz CT molecular complexity index is 2790. The number of benzene rings is 6. The van der Waals surface area contributed by atoms with Gasteiger partial charge in [-0.25, -0.2) is 9.59 Å². The van der Waals surface area contributed by atoms with E-state index < -0.39 is 36.2 Å². The van der Waals surface area contributed by atoms with Crippen LogP contribution in [-0.2, 0) is 22.7 Å². The summed E-state index contributed by atoms with van der Waals surface area (Å²) < 4.78 is 86.2. The van der Waals surface area contributed by atoms with Crippen molar-refractivity contribution in [1.29, 1.82) is 0 Å². The monoisotopic (exact) mass is 878 g/mol. The molecular weight excluding hydrogens is 847 g/mol. The summed E-state index contributed by atoms with van der Waals surface area (Å²) in [4.78, 5) is 47.3. The maximum absolute atomic E-state index is 12.5. The fourth-order valence-corrected chi connectivity index (χ4v) is 7.26. The number of carbonyl (C=O) groups excluding carboxylic acids is 2. The zero-order valence-electron chi connectivity index (χ0n) is 32.9. The molecule has 2 aromatic heterocycles. The van der Waals surface area contributed by atoms with E-state index in [2.05, 4.69) is 9.47 Å². The molecule has 0 radical (unpaired) electrons. The number of ketones is 2. The largest absolute Gasteiger partial charge is 0.573 e. The summed E-state index contributed by atoms with van der Waals surface area (Å²) in [6, 6.07) is 39.7. The molecule has 0 aliphatic heterocycles. The lowest BCUT2D eigenvalue weighted by Gasteiger charge is -2.12. The van der Waals surface area contributed by atoms with Gasteiger partial charge in [-0.3, -0.25) is 9.59 Å². The second-order valence-corrected chi connectivity index (χ2v) is 14.1. The number of carbonyl (C=O) groups is 4. The number of para-hydroxylation sites is 2. The number of aromatic nitrogens is 2. The van der Waals surface area contributed by atoms with Gasteiger partial charge in [0.15, 0.2) is 0 Å². The average Bonchev–Trinajstić information content (AvgIpc) is 3.81. The molecule has 0 saturated carbocycles. The van der Waals surface area contributed by atoms with Crippen LogP contribution in [-0.4, -0.2) is 55.6 Å². The third-order valence-corrected chi connectivity index (χ3v) is 9.86. The number of carboxylic acids is 2. The quantitative estimate of drug-likeness (QED) is 0.0703. The lowest BCUT2D eigenvalue weighted by molar-refractivity contribution is -0.275. The van der Waals surface area contributed by atoms with E-state index in [4.69, 9.17) is 0 Å². The highest BCUT2D eigenvalue weighted by atomic mass is 19.4. The molecule has 64 heavy (non-hydrogen) atoms. The minimum atomic E-state index is -4.79. The van der Waals surface area contributed by atoms with Crippen LogP contribution in [0.25, 0.3) is 44.1 Å². The summed E-state index contributed by atoms with van der Waals surface area (Å²) in [6.45, 7) is 0.743. The fourth-order valence-electron chi connectivity index (χ4n) is 7.26. The number of ether oxygens (including phenoxy) is 2. The van der Waals surface area contributed by atoms with Gasteiger partial charge in [0.2, 0.25) is 0 Å². The van der Waals surface area contributed by atoms with Crippen LogP contribution in [0.15, 0.2) is 158 Å². The van der Waals surface area contributed by atoms with Crippen molar-refractivity contribution >= 4 is 45.3 Å². The number of fused-ring (bicyclic) bond motifs is 2. The molecular formula is C48H32F6N2O8. The van der Waals surface area contributed by atoms with E-state index in [0.717, 1.165) is 11.1 Å². The molecule has 10 nitrogen and oxygen atoms in total. The third kappa shape index (κ3) is 10.1. The molecule has 8 rings (SSSR count). The van der Waals surface area contributed by atoms with E-state index in [1.165, 1.54) is 60.9 Å². The SMILES string of the molecule is O=C(O)C(=O)c1cn(Cc2ccccc2)c2c(-c3ccc(OC(F)(F)F)cc3)cccc12.O=C(O)C(=O)c1cn(Cc2ccccc2)c2c(-c3ccc(OC(F)(F)F)cc3)cccc12. The van der Waals surface area contributed by atoms with Crippen molar-refractivity contribution in [1.82, 2.24) is 9.13 Å². The molecule has 8 aromatic rings. The van der Waals surface area contributed by atoms with Gasteiger partial charge in [0.1, 0.15) is 11.5 Å². The van der Waals surface area contributed by atoms with Crippen LogP contribution in [0.2, 0.25) is 0 Å². The van der Waals surface area contributed by atoms with Crippen LogP contribution in [0.4, 0.5) is 26.3 Å². The highest BCUT2D eigenvalue weighted by molar-refractivity contribution is 6.43. The van der Waals surface area contributed by atoms with Gasteiger partial charge in [0, 0.05) is 47.4 Å². The maximum atomic E-state index is 12.5. The molecule has 6 aromatic carbocycles. The fraction of sp³-hybridized carbons (Fsp3) is 0.0833. The Balaban J connectivity index is 0.000000191. The Morgan fingerprint density at radius 2 is 0.797 bits per heavy atom. The van der Waals surface area contributed by atoms with Crippen molar-refractivity contribution in [3.8, 4) is 33.8 Å². The molecule has 0 saturated heterocycles. The first-order valence-corrected chi connectivity index (χ1v) is 19.0. The minimum absolute atomic E-state index is 0.0438. The van der Waals surface area contributed by atoms with Crippen LogP contribution in [0.3, 0.4) is 0 Å². The summed E-state index contributed by atoms with van der Waals surface area (Å²) in [5.74, 6) is -5.91.